The largest absolute Gasteiger partial charge is 0.295 e. The summed E-state index contributed by atoms with van der Waals surface area (Å²) in [4.78, 5) is 11.4. The Balaban J connectivity index is 2.21. The topological polar surface area (TPSA) is 63.2 Å². The molecule has 0 aliphatic heterocycles. The molecule has 0 saturated heterocycles. The van der Waals surface area contributed by atoms with Crippen molar-refractivity contribution in [1.82, 2.24) is 0 Å². The third-order valence-corrected chi connectivity index (χ3v) is 4.58. The summed E-state index contributed by atoms with van der Waals surface area (Å²) in [5.74, 6) is -0.0560. The van der Waals surface area contributed by atoms with Crippen LogP contribution in [0.1, 0.15) is 29.8 Å². The van der Waals surface area contributed by atoms with Crippen LogP contribution in [0.25, 0.3) is 0 Å². The second-order valence-electron chi connectivity index (χ2n) is 4.74. The van der Waals surface area contributed by atoms with Gasteiger partial charge in [0.1, 0.15) is 0 Å². The minimum absolute atomic E-state index is 0.0560. The van der Waals surface area contributed by atoms with Gasteiger partial charge in [-0.15, -0.1) is 0 Å². The number of carbonyl (C=O) groups is 1. The molecule has 0 radical (unpaired) electrons. The molecule has 0 fully saturated rings. The Labute approximate surface area is 124 Å². The van der Waals surface area contributed by atoms with Crippen molar-refractivity contribution in [2.45, 2.75) is 25.2 Å². The lowest BCUT2D eigenvalue weighted by atomic mass is 10.1. The van der Waals surface area contributed by atoms with Crippen LogP contribution in [-0.2, 0) is 16.4 Å². The lowest BCUT2D eigenvalue weighted by Crippen LogP contribution is -2.13. The van der Waals surface area contributed by atoms with Crippen LogP contribution < -0.4 is 4.72 Å². The Kier molecular flexibility index (Phi) is 4.43. The van der Waals surface area contributed by atoms with Gasteiger partial charge < -0.3 is 0 Å². The van der Waals surface area contributed by atoms with Crippen molar-refractivity contribution in [2.75, 3.05) is 4.72 Å². The average Bonchev–Trinajstić information content (AvgIpc) is 2.47. The molecule has 0 atom stereocenters. The van der Waals surface area contributed by atoms with Crippen molar-refractivity contribution in [3.8, 4) is 0 Å². The Morgan fingerprint density at radius 1 is 1.00 bits per heavy atom. The van der Waals surface area contributed by atoms with Gasteiger partial charge in [-0.05, 0) is 55.3 Å². The molecule has 0 unspecified atom stereocenters. The standard InChI is InChI=1S/C16H17NO3S/c1-3-13-4-10-16(11-5-13)21(19,20)17-15-8-6-14(7-9-15)12(2)18/h4-11,17H,3H2,1-2H3. The molecule has 2 aromatic rings. The number of benzene rings is 2. The van der Waals surface area contributed by atoms with Gasteiger partial charge in [0.25, 0.3) is 10.0 Å². The Bertz CT molecular complexity index is 732. The van der Waals surface area contributed by atoms with Crippen LogP contribution >= 0.6 is 0 Å². The zero-order valence-corrected chi connectivity index (χ0v) is 12.8. The van der Waals surface area contributed by atoms with Gasteiger partial charge in [-0.3, -0.25) is 9.52 Å². The highest BCUT2D eigenvalue weighted by Gasteiger charge is 2.14. The van der Waals surface area contributed by atoms with E-state index in [0.717, 1.165) is 12.0 Å². The lowest BCUT2D eigenvalue weighted by Gasteiger charge is -2.09. The monoisotopic (exact) mass is 303 g/mol. The van der Waals surface area contributed by atoms with Crippen molar-refractivity contribution in [3.05, 3.63) is 59.7 Å². The summed E-state index contributed by atoms with van der Waals surface area (Å²) in [6, 6.07) is 13.1. The zero-order chi connectivity index (χ0) is 15.5. The number of hydrogen-bond donors (Lipinski definition) is 1. The van der Waals surface area contributed by atoms with E-state index in [1.807, 2.05) is 6.92 Å². The first kappa shape index (κ1) is 15.3. The summed E-state index contributed by atoms with van der Waals surface area (Å²) in [6.07, 6.45) is 0.861. The number of rotatable bonds is 5. The number of ketones is 1. The van der Waals surface area contributed by atoms with Gasteiger partial charge in [0.2, 0.25) is 0 Å². The summed E-state index contributed by atoms with van der Waals surface area (Å²) in [5.41, 5.74) is 2.06. The first-order valence-corrected chi connectivity index (χ1v) is 8.13. The van der Waals surface area contributed by atoms with E-state index in [-0.39, 0.29) is 10.7 Å². The van der Waals surface area contributed by atoms with Gasteiger partial charge in [0.15, 0.2) is 5.78 Å². The van der Waals surface area contributed by atoms with Crippen molar-refractivity contribution in [3.63, 3.8) is 0 Å². The average molecular weight is 303 g/mol. The van der Waals surface area contributed by atoms with Crippen molar-refractivity contribution < 1.29 is 13.2 Å². The first-order chi connectivity index (χ1) is 9.92. The Hall–Kier alpha value is -2.14. The number of Topliss-reactive ketones (excluding diaryl/α,β-unsaturated/α-hetero) is 1. The highest BCUT2D eigenvalue weighted by atomic mass is 32.2. The van der Waals surface area contributed by atoms with Gasteiger partial charge in [-0.2, -0.15) is 0 Å². The van der Waals surface area contributed by atoms with E-state index in [4.69, 9.17) is 0 Å². The zero-order valence-electron chi connectivity index (χ0n) is 12.0. The summed E-state index contributed by atoms with van der Waals surface area (Å²) >= 11 is 0. The van der Waals surface area contributed by atoms with Crippen molar-refractivity contribution in [2.24, 2.45) is 0 Å². The SMILES string of the molecule is CCc1ccc(S(=O)(=O)Nc2ccc(C(C)=O)cc2)cc1. The predicted octanol–water partition coefficient (Wildman–Crippen LogP) is 3.25. The minimum atomic E-state index is -3.61. The molecule has 0 saturated carbocycles. The van der Waals surface area contributed by atoms with E-state index < -0.39 is 10.0 Å². The summed E-state index contributed by atoms with van der Waals surface area (Å²) in [6.45, 7) is 3.48. The fourth-order valence-electron chi connectivity index (χ4n) is 1.89. The second-order valence-corrected chi connectivity index (χ2v) is 6.42. The van der Waals surface area contributed by atoms with E-state index >= 15 is 0 Å². The van der Waals surface area contributed by atoms with Gasteiger partial charge in [0, 0.05) is 11.3 Å². The molecule has 0 aliphatic carbocycles. The molecular weight excluding hydrogens is 286 g/mol. The van der Waals surface area contributed by atoms with E-state index in [9.17, 15) is 13.2 Å². The van der Waals surface area contributed by atoms with Crippen LogP contribution in [0, 0.1) is 0 Å². The third-order valence-electron chi connectivity index (χ3n) is 3.19. The van der Waals surface area contributed by atoms with Gasteiger partial charge in [0.05, 0.1) is 4.90 Å². The van der Waals surface area contributed by atoms with E-state index in [0.29, 0.717) is 11.3 Å². The molecule has 0 bridgehead atoms. The van der Waals surface area contributed by atoms with E-state index in [2.05, 4.69) is 4.72 Å². The number of sulfonamides is 1. The lowest BCUT2D eigenvalue weighted by molar-refractivity contribution is 0.101. The van der Waals surface area contributed by atoms with Gasteiger partial charge in [-0.1, -0.05) is 19.1 Å². The summed E-state index contributed by atoms with van der Waals surface area (Å²) in [5, 5.41) is 0. The number of carbonyl (C=O) groups excluding carboxylic acids is 1. The molecule has 1 N–H and O–H groups in total. The maximum atomic E-state index is 12.2. The molecular formula is C16H17NO3S. The molecule has 2 aromatic carbocycles. The van der Waals surface area contributed by atoms with Crippen LogP contribution in [0.2, 0.25) is 0 Å². The van der Waals surface area contributed by atoms with Gasteiger partial charge in [-0.25, -0.2) is 8.42 Å². The molecule has 0 spiro atoms. The van der Waals surface area contributed by atoms with Crippen molar-refractivity contribution in [1.29, 1.82) is 0 Å². The third kappa shape index (κ3) is 3.70. The number of nitrogens with one attached hydrogen (secondary N) is 1. The van der Waals surface area contributed by atoms with Crippen LogP contribution in [-0.4, -0.2) is 14.2 Å². The van der Waals surface area contributed by atoms with Crippen LogP contribution in [0.3, 0.4) is 0 Å². The first-order valence-electron chi connectivity index (χ1n) is 6.65. The molecule has 4 nitrogen and oxygen atoms in total. The number of anilines is 1. The molecule has 5 heteroatoms. The molecule has 21 heavy (non-hydrogen) atoms. The fourth-order valence-corrected chi connectivity index (χ4v) is 2.95. The minimum Gasteiger partial charge on any atom is -0.295 e. The smallest absolute Gasteiger partial charge is 0.261 e. The van der Waals surface area contributed by atoms with Crippen molar-refractivity contribution >= 4 is 21.5 Å². The Morgan fingerprint density at radius 2 is 1.57 bits per heavy atom. The summed E-state index contributed by atoms with van der Waals surface area (Å²) < 4.78 is 27.0. The van der Waals surface area contributed by atoms with Crippen LogP contribution in [0.15, 0.2) is 53.4 Å². The molecule has 0 aliphatic rings. The van der Waals surface area contributed by atoms with Crippen LogP contribution in [0.4, 0.5) is 5.69 Å². The normalized spacial score (nSPS) is 11.1. The molecule has 2 rings (SSSR count). The quantitative estimate of drug-likeness (QED) is 0.862. The fraction of sp³-hybridized carbons (Fsp3) is 0.188. The highest BCUT2D eigenvalue weighted by Crippen LogP contribution is 2.17. The molecule has 0 amide bonds. The molecule has 0 heterocycles. The molecule has 0 aromatic heterocycles. The predicted molar refractivity (Wildman–Crippen MR) is 83.1 cm³/mol. The number of hydrogen-bond acceptors (Lipinski definition) is 3. The maximum absolute atomic E-state index is 12.2. The number of aryl methyl sites for hydroxylation is 1. The maximum Gasteiger partial charge on any atom is 0.261 e. The summed E-state index contributed by atoms with van der Waals surface area (Å²) in [7, 11) is -3.61. The van der Waals surface area contributed by atoms with E-state index in [1.54, 1.807) is 48.5 Å². The van der Waals surface area contributed by atoms with Crippen LogP contribution in [0.5, 0.6) is 0 Å². The van der Waals surface area contributed by atoms with Gasteiger partial charge >= 0.3 is 0 Å². The highest BCUT2D eigenvalue weighted by molar-refractivity contribution is 7.92. The second kappa shape index (κ2) is 6.10. The van der Waals surface area contributed by atoms with E-state index in [1.165, 1.54) is 6.92 Å². The Morgan fingerprint density at radius 3 is 2.05 bits per heavy atom. The molecule has 110 valence electrons.